The van der Waals surface area contributed by atoms with Crippen LogP contribution in [0.5, 0.6) is 0 Å². The van der Waals surface area contributed by atoms with Gasteiger partial charge >= 0.3 is 0 Å². The fourth-order valence-corrected chi connectivity index (χ4v) is 2.27. The smallest absolute Gasteiger partial charge is 0.163 e. The van der Waals surface area contributed by atoms with Crippen molar-refractivity contribution < 1.29 is 4.79 Å². The molecule has 0 aliphatic carbocycles. The minimum absolute atomic E-state index is 0.219. The minimum Gasteiger partial charge on any atom is -0.379 e. The van der Waals surface area contributed by atoms with Crippen molar-refractivity contribution in [1.82, 2.24) is 4.90 Å². The lowest BCUT2D eigenvalue weighted by Crippen LogP contribution is -2.17. The zero-order valence-electron chi connectivity index (χ0n) is 12.2. The monoisotopic (exact) mass is 267 g/mol. The number of benzene rings is 2. The number of carbonyl (C=O) groups is 1. The van der Waals surface area contributed by atoms with Gasteiger partial charge in [-0.05, 0) is 24.1 Å². The Morgan fingerprint density at radius 3 is 2.60 bits per heavy atom. The number of fused-ring (bicyclic) bond motifs is 1. The summed E-state index contributed by atoms with van der Waals surface area (Å²) in [5, 5.41) is 2.17. The molecule has 20 heavy (non-hydrogen) atoms. The topological polar surface area (TPSA) is 20.3 Å². The minimum atomic E-state index is 0.219. The third-order valence-electron chi connectivity index (χ3n) is 3.64. The van der Waals surface area contributed by atoms with Gasteiger partial charge in [0.2, 0.25) is 0 Å². The van der Waals surface area contributed by atoms with Crippen LogP contribution in [0.15, 0.2) is 54.7 Å². The van der Waals surface area contributed by atoms with E-state index in [1.807, 2.05) is 56.4 Å². The third-order valence-corrected chi connectivity index (χ3v) is 3.64. The van der Waals surface area contributed by atoms with Crippen molar-refractivity contribution in [2.45, 2.75) is 19.8 Å². The maximum Gasteiger partial charge on any atom is 0.163 e. The molecule has 2 nitrogen and oxygen atoms in total. The van der Waals surface area contributed by atoms with Crippen LogP contribution >= 0.6 is 0 Å². The fraction of sp³-hybridized carbons (Fsp3) is 0.278. The molecule has 2 aromatic rings. The van der Waals surface area contributed by atoms with Crippen molar-refractivity contribution in [3.63, 3.8) is 0 Å². The molecule has 0 saturated heterocycles. The molecule has 0 amide bonds. The van der Waals surface area contributed by atoms with Gasteiger partial charge in [-0.1, -0.05) is 49.0 Å². The van der Waals surface area contributed by atoms with E-state index in [2.05, 4.69) is 11.5 Å². The van der Waals surface area contributed by atoms with Gasteiger partial charge in [0.1, 0.15) is 0 Å². The Morgan fingerprint density at radius 2 is 1.85 bits per heavy atom. The first-order valence-corrected chi connectivity index (χ1v) is 6.97. The van der Waals surface area contributed by atoms with Crippen LogP contribution in [0.4, 0.5) is 0 Å². The molecule has 0 unspecified atom stereocenters. The molecule has 0 atom stereocenters. The Labute approximate surface area is 120 Å². The molecule has 2 rings (SSSR count). The van der Waals surface area contributed by atoms with Gasteiger partial charge in [0.15, 0.2) is 5.78 Å². The molecule has 0 radical (unpaired) electrons. The molecular formula is C18H21NO. The average molecular weight is 267 g/mol. The molecule has 0 aliphatic heterocycles. The molecule has 104 valence electrons. The van der Waals surface area contributed by atoms with E-state index in [0.29, 0.717) is 6.42 Å². The Hall–Kier alpha value is -2.09. The van der Waals surface area contributed by atoms with Crippen molar-refractivity contribution >= 4 is 16.6 Å². The third kappa shape index (κ3) is 3.27. The summed E-state index contributed by atoms with van der Waals surface area (Å²) in [6, 6.07) is 14.0. The highest BCUT2D eigenvalue weighted by molar-refractivity contribution is 6.08. The molecule has 0 aliphatic rings. The summed E-state index contributed by atoms with van der Waals surface area (Å²) >= 11 is 0. The van der Waals surface area contributed by atoms with Crippen molar-refractivity contribution in [2.75, 3.05) is 13.6 Å². The van der Waals surface area contributed by atoms with Crippen LogP contribution in [0.2, 0.25) is 0 Å². The van der Waals surface area contributed by atoms with Crippen molar-refractivity contribution in [2.24, 2.45) is 0 Å². The number of allylic oxidation sites excluding steroid dienone is 1. The lowest BCUT2D eigenvalue weighted by Gasteiger charge is -2.18. The number of hydrogen-bond donors (Lipinski definition) is 0. The second kappa shape index (κ2) is 6.38. The predicted octanol–water partition coefficient (Wildman–Crippen LogP) is 4.27. The number of Topliss-reactive ketones (excluding diaryl/α,β-unsaturated/α-hetero) is 1. The molecule has 2 aromatic carbocycles. The van der Waals surface area contributed by atoms with Crippen molar-refractivity contribution in [1.29, 1.82) is 0 Å². The summed E-state index contributed by atoms with van der Waals surface area (Å²) in [5.41, 5.74) is 1.86. The fourth-order valence-electron chi connectivity index (χ4n) is 2.27. The standard InChI is InChI=1S/C18H21NO/c1-14(2)19(3)13-7-12-18(20)17-11-6-9-15-8-4-5-10-16(15)17/h4-6,8-11H,1,7,12-13H2,2-3H3. The quantitative estimate of drug-likeness (QED) is 0.728. The van der Waals surface area contributed by atoms with E-state index < -0.39 is 0 Å². The lowest BCUT2D eigenvalue weighted by molar-refractivity contribution is 0.0979. The van der Waals surface area contributed by atoms with Crippen molar-refractivity contribution in [3.05, 3.63) is 60.3 Å². The van der Waals surface area contributed by atoms with Crippen LogP contribution in [0.3, 0.4) is 0 Å². The molecule has 0 fully saturated rings. The molecule has 0 saturated carbocycles. The summed E-state index contributed by atoms with van der Waals surface area (Å²) in [4.78, 5) is 14.4. The molecule has 0 heterocycles. The van der Waals surface area contributed by atoms with Crippen LogP contribution in [-0.4, -0.2) is 24.3 Å². The summed E-state index contributed by atoms with van der Waals surface area (Å²) in [5.74, 6) is 0.219. The highest BCUT2D eigenvalue weighted by atomic mass is 16.1. The van der Waals surface area contributed by atoms with E-state index in [0.717, 1.165) is 35.0 Å². The van der Waals surface area contributed by atoms with E-state index in [-0.39, 0.29) is 5.78 Å². The zero-order valence-corrected chi connectivity index (χ0v) is 12.2. The molecule has 0 aromatic heterocycles. The zero-order chi connectivity index (χ0) is 14.5. The van der Waals surface area contributed by atoms with Gasteiger partial charge < -0.3 is 4.90 Å². The lowest BCUT2D eigenvalue weighted by atomic mass is 9.99. The SMILES string of the molecule is C=C(C)N(C)CCCC(=O)c1cccc2ccccc12. The summed E-state index contributed by atoms with van der Waals surface area (Å²) in [6.07, 6.45) is 1.43. The Kier molecular flexibility index (Phi) is 4.57. The van der Waals surface area contributed by atoms with E-state index in [9.17, 15) is 4.79 Å². The van der Waals surface area contributed by atoms with E-state index >= 15 is 0 Å². The number of ketones is 1. The van der Waals surface area contributed by atoms with E-state index in [1.54, 1.807) is 0 Å². The largest absolute Gasteiger partial charge is 0.379 e. The van der Waals surface area contributed by atoms with Gasteiger partial charge in [-0.2, -0.15) is 0 Å². The predicted molar refractivity (Wildman–Crippen MR) is 85.0 cm³/mol. The van der Waals surface area contributed by atoms with Gasteiger partial charge in [0.05, 0.1) is 0 Å². The highest BCUT2D eigenvalue weighted by Crippen LogP contribution is 2.20. The molecule has 0 N–H and O–H groups in total. The Balaban J connectivity index is 2.06. The van der Waals surface area contributed by atoms with Gasteiger partial charge in [-0.3, -0.25) is 4.79 Å². The van der Waals surface area contributed by atoms with Gasteiger partial charge in [0, 0.05) is 31.3 Å². The van der Waals surface area contributed by atoms with Gasteiger partial charge in [-0.15, -0.1) is 0 Å². The summed E-state index contributed by atoms with van der Waals surface area (Å²) < 4.78 is 0. The maximum absolute atomic E-state index is 12.4. The Morgan fingerprint density at radius 1 is 1.15 bits per heavy atom. The van der Waals surface area contributed by atoms with Crippen molar-refractivity contribution in [3.8, 4) is 0 Å². The molecule has 0 bridgehead atoms. The molecule has 2 heteroatoms. The normalized spacial score (nSPS) is 10.5. The average Bonchev–Trinajstić information content (AvgIpc) is 2.46. The molecule has 0 spiro atoms. The van der Waals surface area contributed by atoms with Crippen LogP contribution in [0.25, 0.3) is 10.8 Å². The first-order chi connectivity index (χ1) is 9.59. The van der Waals surface area contributed by atoms with Crippen LogP contribution in [-0.2, 0) is 0 Å². The Bertz CT molecular complexity index is 625. The van der Waals surface area contributed by atoms with E-state index in [4.69, 9.17) is 0 Å². The van der Waals surface area contributed by atoms with Crippen LogP contribution in [0.1, 0.15) is 30.1 Å². The van der Waals surface area contributed by atoms with E-state index in [1.165, 1.54) is 0 Å². The number of nitrogens with zero attached hydrogens (tertiary/aromatic N) is 1. The summed E-state index contributed by atoms with van der Waals surface area (Å²) in [6.45, 7) is 6.74. The second-order valence-corrected chi connectivity index (χ2v) is 5.21. The number of carbonyl (C=O) groups excluding carboxylic acids is 1. The van der Waals surface area contributed by atoms with Crippen LogP contribution in [0, 0.1) is 0 Å². The maximum atomic E-state index is 12.4. The van der Waals surface area contributed by atoms with Crippen LogP contribution < -0.4 is 0 Å². The first kappa shape index (κ1) is 14.3. The number of hydrogen-bond acceptors (Lipinski definition) is 2. The number of rotatable bonds is 6. The van der Waals surface area contributed by atoms with Gasteiger partial charge in [0.25, 0.3) is 0 Å². The summed E-state index contributed by atoms with van der Waals surface area (Å²) in [7, 11) is 2.00. The van der Waals surface area contributed by atoms with Gasteiger partial charge in [-0.25, -0.2) is 0 Å². The second-order valence-electron chi connectivity index (χ2n) is 5.21. The first-order valence-electron chi connectivity index (χ1n) is 6.97. The highest BCUT2D eigenvalue weighted by Gasteiger charge is 2.09. The molecular weight excluding hydrogens is 246 g/mol.